The summed E-state index contributed by atoms with van der Waals surface area (Å²) in [5.41, 5.74) is 2.44. The molecule has 2 N–H and O–H groups in total. The molecule has 1 unspecified atom stereocenters. The number of nitrogens with one attached hydrogen (secondary N) is 2. The number of aromatic nitrogens is 6. The summed E-state index contributed by atoms with van der Waals surface area (Å²) in [6, 6.07) is 14.9. The molecule has 0 saturated heterocycles. The third-order valence-electron chi connectivity index (χ3n) is 4.73. The van der Waals surface area contributed by atoms with Gasteiger partial charge >= 0.3 is 0 Å². The molecule has 33 heavy (non-hydrogen) atoms. The quantitative estimate of drug-likeness (QED) is 0.250. The Labute approximate surface area is 202 Å². The number of rotatable bonds is 8. The average Bonchev–Trinajstić information content (AvgIpc) is 3.34. The number of aryl methyl sites for hydroxylation is 2. The van der Waals surface area contributed by atoms with Crippen molar-refractivity contribution in [1.82, 2.24) is 30.2 Å². The van der Waals surface area contributed by atoms with Crippen LogP contribution in [0, 0.1) is 11.3 Å². The maximum absolute atomic E-state index is 13.0. The highest BCUT2D eigenvalue weighted by Gasteiger charge is 2.11. The summed E-state index contributed by atoms with van der Waals surface area (Å²) >= 11 is 2.12. The lowest BCUT2D eigenvalue weighted by atomic mass is 10.1. The molecule has 0 bridgehead atoms. The van der Waals surface area contributed by atoms with Gasteiger partial charge in [-0.25, -0.2) is 4.98 Å². The molecule has 166 valence electrons. The van der Waals surface area contributed by atoms with Crippen LogP contribution in [0.15, 0.2) is 59.7 Å². The molecule has 0 spiro atoms. The van der Waals surface area contributed by atoms with E-state index in [0.717, 1.165) is 12.0 Å². The van der Waals surface area contributed by atoms with Crippen LogP contribution in [-0.2, 0) is 12.8 Å². The first-order valence-corrected chi connectivity index (χ1v) is 11.3. The van der Waals surface area contributed by atoms with E-state index >= 15 is 0 Å². The summed E-state index contributed by atoms with van der Waals surface area (Å²) in [5.74, 6) is 1.30. The van der Waals surface area contributed by atoms with Crippen LogP contribution in [-0.4, -0.2) is 34.3 Å². The van der Waals surface area contributed by atoms with Gasteiger partial charge in [0.25, 0.3) is 5.56 Å². The lowest BCUT2D eigenvalue weighted by Gasteiger charge is -2.12. The molecule has 2 heterocycles. The first-order valence-electron chi connectivity index (χ1n) is 10.0. The second kappa shape index (κ2) is 10.2. The van der Waals surface area contributed by atoms with Gasteiger partial charge in [0.15, 0.2) is 11.6 Å². The zero-order valence-corrected chi connectivity index (χ0v) is 19.7. The summed E-state index contributed by atoms with van der Waals surface area (Å²) < 4.78 is 7.06. The van der Waals surface area contributed by atoms with E-state index in [1.54, 1.807) is 30.6 Å². The normalized spacial score (nSPS) is 11.5. The summed E-state index contributed by atoms with van der Waals surface area (Å²) in [7, 11) is 0. The number of nitriles is 1. The van der Waals surface area contributed by atoms with Gasteiger partial charge < -0.3 is 10.1 Å². The maximum atomic E-state index is 13.0. The van der Waals surface area contributed by atoms with Gasteiger partial charge in [0, 0.05) is 30.2 Å². The van der Waals surface area contributed by atoms with E-state index in [4.69, 9.17) is 4.74 Å². The number of nitrogens with zero attached hydrogens (tertiary/aromatic N) is 6. The maximum Gasteiger partial charge on any atom is 0.298 e. The molecule has 1 atom stereocenters. The summed E-state index contributed by atoms with van der Waals surface area (Å²) in [4.78, 5) is 17.2. The molecule has 0 aliphatic rings. The molecule has 0 radical (unpaired) electrons. The largest absolute Gasteiger partial charge is 0.479 e. The van der Waals surface area contributed by atoms with Crippen molar-refractivity contribution in [1.29, 1.82) is 5.26 Å². The lowest BCUT2D eigenvalue weighted by Crippen LogP contribution is -2.21. The van der Waals surface area contributed by atoms with E-state index in [1.165, 1.54) is 4.57 Å². The zero-order valence-electron chi connectivity index (χ0n) is 17.6. The van der Waals surface area contributed by atoms with Crippen molar-refractivity contribution >= 4 is 34.1 Å². The second-order valence-electron chi connectivity index (χ2n) is 7.05. The Bertz CT molecular complexity index is 1330. The highest BCUT2D eigenvalue weighted by Crippen LogP contribution is 2.25. The monoisotopic (exact) mass is 554 g/mol. The van der Waals surface area contributed by atoms with E-state index in [-0.39, 0.29) is 15.5 Å². The molecule has 0 fully saturated rings. The molecule has 0 aliphatic heterocycles. The molecule has 10 nitrogen and oxygen atoms in total. The highest BCUT2D eigenvalue weighted by atomic mass is 127. The van der Waals surface area contributed by atoms with Crippen molar-refractivity contribution in [3.63, 3.8) is 0 Å². The number of alkyl halides is 1. The number of aromatic amines is 1. The molecule has 0 saturated carbocycles. The van der Waals surface area contributed by atoms with Gasteiger partial charge in [-0.1, -0.05) is 17.3 Å². The number of benzene rings is 2. The van der Waals surface area contributed by atoms with Crippen LogP contribution in [0.5, 0.6) is 5.75 Å². The van der Waals surface area contributed by atoms with Crippen LogP contribution >= 0.6 is 22.6 Å². The minimum Gasteiger partial charge on any atom is -0.479 e. The Morgan fingerprint density at radius 3 is 2.76 bits per heavy atom. The van der Waals surface area contributed by atoms with E-state index in [9.17, 15) is 10.1 Å². The fourth-order valence-electron chi connectivity index (χ4n) is 3.18. The minimum absolute atomic E-state index is 0.0816. The lowest BCUT2D eigenvalue weighted by molar-refractivity contribution is 0.321. The Hall–Kier alpha value is -3.79. The first kappa shape index (κ1) is 22.4. The third-order valence-corrected chi connectivity index (χ3v) is 4.99. The van der Waals surface area contributed by atoms with Gasteiger partial charge in [0.1, 0.15) is 15.9 Å². The number of hydrogen-bond acceptors (Lipinski definition) is 8. The van der Waals surface area contributed by atoms with Crippen molar-refractivity contribution in [3.05, 3.63) is 82.2 Å². The number of hydrogen-bond donors (Lipinski definition) is 2. The van der Waals surface area contributed by atoms with E-state index in [0.29, 0.717) is 34.9 Å². The van der Waals surface area contributed by atoms with Crippen LogP contribution in [0.3, 0.4) is 0 Å². The topological polar surface area (TPSA) is 134 Å². The van der Waals surface area contributed by atoms with Gasteiger partial charge in [0.2, 0.25) is 0 Å². The predicted molar refractivity (Wildman–Crippen MR) is 130 cm³/mol. The Kier molecular flexibility index (Phi) is 6.94. The molecule has 0 amide bonds. The van der Waals surface area contributed by atoms with Crippen LogP contribution in [0.4, 0.5) is 11.5 Å². The van der Waals surface area contributed by atoms with Crippen LogP contribution in [0.1, 0.15) is 23.9 Å². The fourth-order valence-corrected chi connectivity index (χ4v) is 3.45. The molecule has 2 aromatic carbocycles. The second-order valence-corrected chi connectivity index (χ2v) is 8.81. The van der Waals surface area contributed by atoms with Crippen molar-refractivity contribution in [2.75, 3.05) is 5.32 Å². The van der Waals surface area contributed by atoms with Gasteiger partial charge in [0.05, 0.1) is 5.56 Å². The molecular formula is C22H19IN8O2. The van der Waals surface area contributed by atoms with E-state index in [2.05, 4.69) is 59.6 Å². The van der Waals surface area contributed by atoms with Crippen molar-refractivity contribution < 1.29 is 4.74 Å². The van der Waals surface area contributed by atoms with Crippen molar-refractivity contribution in [2.24, 2.45) is 0 Å². The highest BCUT2D eigenvalue weighted by molar-refractivity contribution is 14.1. The van der Waals surface area contributed by atoms with Gasteiger partial charge in [-0.2, -0.15) is 10.5 Å². The standard InChI is InChI=1S/C22H19IN8O2/c1-14(23)33-19-8-5-17(12-16(19)13-24)26-21-22(32)31(11-10-25-21)18-6-2-15(3-7-18)4-9-20-27-29-30-28-20/h2-3,5-8,10-12,14H,4,9H2,1H3,(H,25,26)(H,27,28,29,30). The van der Waals surface area contributed by atoms with Crippen LogP contribution < -0.4 is 15.6 Å². The Morgan fingerprint density at radius 1 is 1.24 bits per heavy atom. The molecular weight excluding hydrogens is 535 g/mol. The third kappa shape index (κ3) is 5.53. The summed E-state index contributed by atoms with van der Waals surface area (Å²) in [6.07, 6.45) is 4.59. The summed E-state index contributed by atoms with van der Waals surface area (Å²) in [6.45, 7) is 1.88. The van der Waals surface area contributed by atoms with E-state index < -0.39 is 0 Å². The SMILES string of the molecule is CC(I)Oc1ccc(Nc2nccn(-c3ccc(CCc4nn[nH]n4)cc3)c2=O)cc1C#N. The molecule has 2 aromatic heterocycles. The van der Waals surface area contributed by atoms with Gasteiger partial charge in [-0.05, 0) is 71.8 Å². The van der Waals surface area contributed by atoms with Gasteiger partial charge in [-0.3, -0.25) is 9.36 Å². The molecule has 11 heteroatoms. The minimum atomic E-state index is -0.309. The number of H-pyrrole nitrogens is 1. The van der Waals surface area contributed by atoms with Crippen molar-refractivity contribution in [3.8, 4) is 17.5 Å². The Morgan fingerprint density at radius 2 is 2.06 bits per heavy atom. The molecule has 0 aliphatic carbocycles. The predicted octanol–water partition coefficient (Wildman–Crippen LogP) is 3.31. The number of tetrazole rings is 1. The smallest absolute Gasteiger partial charge is 0.298 e. The van der Waals surface area contributed by atoms with Crippen LogP contribution in [0.25, 0.3) is 5.69 Å². The summed E-state index contributed by atoms with van der Waals surface area (Å²) in [5, 5.41) is 26.3. The zero-order chi connectivity index (χ0) is 23.2. The van der Waals surface area contributed by atoms with Gasteiger partial charge in [-0.15, -0.1) is 10.2 Å². The van der Waals surface area contributed by atoms with Crippen LogP contribution in [0.2, 0.25) is 0 Å². The van der Waals surface area contributed by atoms with E-state index in [1.807, 2.05) is 31.2 Å². The number of anilines is 2. The number of halogens is 1. The fraction of sp³-hybridized carbons (Fsp3) is 0.182. The Balaban J connectivity index is 1.52. The molecule has 4 rings (SSSR count). The first-order chi connectivity index (χ1) is 16.0. The molecule has 4 aromatic rings. The van der Waals surface area contributed by atoms with Crippen molar-refractivity contribution in [2.45, 2.75) is 23.9 Å². The average molecular weight is 554 g/mol. The number of ether oxygens (including phenoxy) is 1.